The van der Waals surface area contributed by atoms with E-state index >= 15 is 0 Å². The lowest BCUT2D eigenvalue weighted by Gasteiger charge is -2.17. The number of hydrogen-bond acceptors (Lipinski definition) is 3. The normalized spacial score (nSPS) is 10.7. The van der Waals surface area contributed by atoms with Crippen LogP contribution in [0.25, 0.3) is 0 Å². The van der Waals surface area contributed by atoms with Gasteiger partial charge in [-0.15, -0.1) is 0 Å². The first-order valence-electron chi connectivity index (χ1n) is 6.54. The minimum Gasteiger partial charge on any atom is -0.494 e. The van der Waals surface area contributed by atoms with Gasteiger partial charge >= 0.3 is 0 Å². The summed E-state index contributed by atoms with van der Waals surface area (Å²) in [7, 11) is 1.63. The number of aryl methyl sites for hydroxylation is 2. The topological polar surface area (TPSA) is 50.4 Å². The van der Waals surface area contributed by atoms with Crippen LogP contribution in [0.15, 0.2) is 6.07 Å². The SMILES string of the molecule is COc1c(C)c(C)cc(C)c1NC(=O)CNC(C)C. The molecule has 4 nitrogen and oxygen atoms in total. The van der Waals surface area contributed by atoms with Crippen molar-refractivity contribution in [2.24, 2.45) is 0 Å². The number of benzene rings is 1. The lowest BCUT2D eigenvalue weighted by atomic mass is 10.0. The fourth-order valence-electron chi connectivity index (χ4n) is 1.94. The van der Waals surface area contributed by atoms with Crippen LogP contribution in [0.2, 0.25) is 0 Å². The standard InChI is InChI=1S/C15H24N2O2/c1-9(2)16-8-13(18)17-14-11(4)7-10(3)12(5)15(14)19-6/h7,9,16H,8H2,1-6H3,(H,17,18). The molecule has 4 heteroatoms. The molecule has 0 atom stereocenters. The van der Waals surface area contributed by atoms with Crippen LogP contribution in [-0.4, -0.2) is 25.6 Å². The van der Waals surface area contributed by atoms with E-state index in [0.29, 0.717) is 6.54 Å². The van der Waals surface area contributed by atoms with E-state index < -0.39 is 0 Å². The van der Waals surface area contributed by atoms with Crippen molar-refractivity contribution in [2.75, 3.05) is 19.0 Å². The van der Waals surface area contributed by atoms with E-state index in [1.54, 1.807) is 7.11 Å². The number of ether oxygens (including phenoxy) is 1. The lowest BCUT2D eigenvalue weighted by molar-refractivity contribution is -0.115. The monoisotopic (exact) mass is 264 g/mol. The number of carbonyl (C=O) groups excluding carboxylic acids is 1. The van der Waals surface area contributed by atoms with E-state index in [1.165, 1.54) is 0 Å². The zero-order valence-corrected chi connectivity index (χ0v) is 12.7. The number of hydrogen-bond donors (Lipinski definition) is 2. The molecule has 0 saturated heterocycles. The average molecular weight is 264 g/mol. The molecule has 1 aromatic rings. The molecule has 0 aliphatic carbocycles. The minimum absolute atomic E-state index is 0.0571. The third-order valence-corrected chi connectivity index (χ3v) is 3.13. The highest BCUT2D eigenvalue weighted by Gasteiger charge is 2.14. The van der Waals surface area contributed by atoms with Gasteiger partial charge in [0.2, 0.25) is 5.91 Å². The van der Waals surface area contributed by atoms with Crippen LogP contribution in [0.5, 0.6) is 5.75 Å². The van der Waals surface area contributed by atoms with Crippen molar-refractivity contribution in [1.29, 1.82) is 0 Å². The van der Waals surface area contributed by atoms with Crippen LogP contribution in [-0.2, 0) is 4.79 Å². The first-order valence-corrected chi connectivity index (χ1v) is 6.54. The van der Waals surface area contributed by atoms with Crippen molar-refractivity contribution in [3.63, 3.8) is 0 Å². The molecule has 19 heavy (non-hydrogen) atoms. The van der Waals surface area contributed by atoms with Crippen molar-refractivity contribution in [3.8, 4) is 5.75 Å². The Balaban J connectivity index is 2.94. The molecule has 0 aliphatic heterocycles. The van der Waals surface area contributed by atoms with Crippen molar-refractivity contribution < 1.29 is 9.53 Å². The van der Waals surface area contributed by atoms with Gasteiger partial charge in [-0.1, -0.05) is 19.9 Å². The van der Waals surface area contributed by atoms with E-state index in [-0.39, 0.29) is 11.9 Å². The Morgan fingerprint density at radius 3 is 2.42 bits per heavy atom. The number of carbonyl (C=O) groups is 1. The lowest BCUT2D eigenvalue weighted by Crippen LogP contribution is -2.32. The Morgan fingerprint density at radius 1 is 1.26 bits per heavy atom. The molecule has 0 bridgehead atoms. The summed E-state index contributed by atoms with van der Waals surface area (Å²) in [4.78, 5) is 11.9. The second-order valence-corrected chi connectivity index (χ2v) is 5.13. The van der Waals surface area contributed by atoms with Gasteiger partial charge in [0, 0.05) is 6.04 Å². The molecule has 0 heterocycles. The maximum Gasteiger partial charge on any atom is 0.238 e. The molecule has 2 N–H and O–H groups in total. The van der Waals surface area contributed by atoms with E-state index in [0.717, 1.165) is 28.1 Å². The average Bonchev–Trinajstić information content (AvgIpc) is 2.34. The smallest absolute Gasteiger partial charge is 0.238 e. The fraction of sp³-hybridized carbons (Fsp3) is 0.533. The quantitative estimate of drug-likeness (QED) is 0.859. The zero-order chi connectivity index (χ0) is 14.6. The largest absolute Gasteiger partial charge is 0.494 e. The van der Waals surface area contributed by atoms with Crippen molar-refractivity contribution in [2.45, 2.75) is 40.7 Å². The summed E-state index contributed by atoms with van der Waals surface area (Å²) in [5.41, 5.74) is 3.99. The van der Waals surface area contributed by atoms with E-state index in [9.17, 15) is 4.79 Å². The van der Waals surface area contributed by atoms with Crippen LogP contribution in [0.4, 0.5) is 5.69 Å². The Bertz CT molecular complexity index is 468. The molecule has 1 amide bonds. The highest BCUT2D eigenvalue weighted by atomic mass is 16.5. The number of methoxy groups -OCH3 is 1. The number of amides is 1. The molecule has 0 spiro atoms. The van der Waals surface area contributed by atoms with Gasteiger partial charge in [0.25, 0.3) is 0 Å². The number of anilines is 1. The maximum absolute atomic E-state index is 11.9. The molecule has 1 rings (SSSR count). The maximum atomic E-state index is 11.9. The summed E-state index contributed by atoms with van der Waals surface area (Å²) >= 11 is 0. The van der Waals surface area contributed by atoms with Gasteiger partial charge in [-0.25, -0.2) is 0 Å². The number of rotatable bonds is 5. The Morgan fingerprint density at radius 2 is 1.89 bits per heavy atom. The Hall–Kier alpha value is -1.55. The molecule has 0 unspecified atom stereocenters. The zero-order valence-electron chi connectivity index (χ0n) is 12.7. The summed E-state index contributed by atoms with van der Waals surface area (Å²) in [5, 5.41) is 6.02. The molecule has 0 fully saturated rings. The van der Waals surface area contributed by atoms with Crippen LogP contribution in [0.3, 0.4) is 0 Å². The van der Waals surface area contributed by atoms with E-state index in [1.807, 2.05) is 34.6 Å². The second-order valence-electron chi connectivity index (χ2n) is 5.13. The molecule has 0 radical (unpaired) electrons. The number of nitrogens with one attached hydrogen (secondary N) is 2. The molecule has 106 valence electrons. The fourth-order valence-corrected chi connectivity index (χ4v) is 1.94. The summed E-state index contributed by atoms with van der Waals surface area (Å²) in [6.45, 7) is 10.3. The third-order valence-electron chi connectivity index (χ3n) is 3.13. The van der Waals surface area contributed by atoms with E-state index in [2.05, 4.69) is 16.7 Å². The Labute approximate surface area is 115 Å². The summed E-state index contributed by atoms with van der Waals surface area (Å²) in [6.07, 6.45) is 0. The van der Waals surface area contributed by atoms with Gasteiger partial charge in [-0.05, 0) is 37.5 Å². The molecule has 0 aromatic heterocycles. The van der Waals surface area contributed by atoms with Crippen molar-refractivity contribution in [3.05, 3.63) is 22.8 Å². The van der Waals surface area contributed by atoms with Gasteiger partial charge in [-0.3, -0.25) is 4.79 Å². The molecular weight excluding hydrogens is 240 g/mol. The van der Waals surface area contributed by atoms with Crippen LogP contribution in [0, 0.1) is 20.8 Å². The van der Waals surface area contributed by atoms with Gasteiger partial charge in [0.15, 0.2) is 0 Å². The van der Waals surface area contributed by atoms with Crippen LogP contribution < -0.4 is 15.4 Å². The van der Waals surface area contributed by atoms with Gasteiger partial charge < -0.3 is 15.4 Å². The summed E-state index contributed by atoms with van der Waals surface area (Å²) in [5.74, 6) is 0.689. The van der Waals surface area contributed by atoms with Crippen LogP contribution in [0.1, 0.15) is 30.5 Å². The van der Waals surface area contributed by atoms with Gasteiger partial charge in [-0.2, -0.15) is 0 Å². The first kappa shape index (κ1) is 15.5. The molecule has 0 aliphatic rings. The highest BCUT2D eigenvalue weighted by molar-refractivity contribution is 5.95. The summed E-state index contributed by atoms with van der Waals surface area (Å²) < 4.78 is 5.43. The molecule has 0 saturated carbocycles. The third kappa shape index (κ3) is 3.96. The first-order chi connectivity index (χ1) is 8.86. The Kier molecular flexibility index (Phi) is 5.36. The predicted molar refractivity (Wildman–Crippen MR) is 79.0 cm³/mol. The summed E-state index contributed by atoms with van der Waals surface area (Å²) in [6, 6.07) is 2.34. The van der Waals surface area contributed by atoms with Crippen molar-refractivity contribution in [1.82, 2.24) is 5.32 Å². The highest BCUT2D eigenvalue weighted by Crippen LogP contribution is 2.34. The van der Waals surface area contributed by atoms with E-state index in [4.69, 9.17) is 4.74 Å². The van der Waals surface area contributed by atoms with Gasteiger partial charge in [0.1, 0.15) is 5.75 Å². The van der Waals surface area contributed by atoms with Crippen molar-refractivity contribution >= 4 is 11.6 Å². The second kappa shape index (κ2) is 6.57. The predicted octanol–water partition coefficient (Wildman–Crippen LogP) is 2.56. The minimum atomic E-state index is -0.0571. The molecule has 1 aromatic carbocycles. The molecular formula is C15H24N2O2. The van der Waals surface area contributed by atoms with Gasteiger partial charge in [0.05, 0.1) is 19.3 Å². The van der Waals surface area contributed by atoms with Crippen LogP contribution >= 0.6 is 0 Å².